The number of hydrogen-bond donors (Lipinski definition) is 1. The molecule has 0 bridgehead atoms. The van der Waals surface area contributed by atoms with E-state index in [1.54, 1.807) is 54.6 Å². The number of rotatable bonds is 10. The number of hydrogen-bond acceptors (Lipinski definition) is 5. The molecule has 7 nitrogen and oxygen atoms in total. The summed E-state index contributed by atoms with van der Waals surface area (Å²) >= 11 is 0. The zero-order valence-corrected chi connectivity index (χ0v) is 24.8. The average molecular weight is 628 g/mol. The van der Waals surface area contributed by atoms with Crippen molar-refractivity contribution in [3.05, 3.63) is 65.7 Å². The number of amides is 2. The van der Waals surface area contributed by atoms with Gasteiger partial charge in [-0.25, -0.2) is 4.99 Å². The maximum absolute atomic E-state index is 13.7. The summed E-state index contributed by atoms with van der Waals surface area (Å²) < 4.78 is 84.3. The molecule has 1 aliphatic rings. The summed E-state index contributed by atoms with van der Waals surface area (Å²) in [5.41, 5.74) is 0.799. The van der Waals surface area contributed by atoms with Crippen LogP contribution in [0.2, 0.25) is 0 Å². The van der Waals surface area contributed by atoms with Crippen molar-refractivity contribution in [1.29, 1.82) is 0 Å². The Morgan fingerprint density at radius 3 is 2.07 bits per heavy atom. The van der Waals surface area contributed by atoms with Crippen molar-refractivity contribution in [2.45, 2.75) is 77.0 Å². The van der Waals surface area contributed by atoms with E-state index in [0.717, 1.165) is 0 Å². The molecule has 0 fully saturated rings. The van der Waals surface area contributed by atoms with Crippen LogP contribution in [0, 0.1) is 11.8 Å². The number of anilines is 1. The van der Waals surface area contributed by atoms with Crippen molar-refractivity contribution >= 4 is 29.2 Å². The minimum Gasteiger partial charge on any atom is -0.460 e. The van der Waals surface area contributed by atoms with Crippen molar-refractivity contribution < 1.29 is 45.5 Å². The van der Waals surface area contributed by atoms with Gasteiger partial charge in [0.1, 0.15) is 5.60 Å². The number of alkyl halides is 6. The van der Waals surface area contributed by atoms with Crippen LogP contribution < -0.4 is 10.2 Å². The first-order chi connectivity index (χ1) is 20.4. The molecule has 3 unspecified atom stereocenters. The predicted molar refractivity (Wildman–Crippen MR) is 152 cm³/mol. The Kier molecular flexibility index (Phi) is 10.9. The first-order valence-electron chi connectivity index (χ1n) is 14.0. The van der Waals surface area contributed by atoms with Crippen LogP contribution in [0.25, 0.3) is 0 Å². The summed E-state index contributed by atoms with van der Waals surface area (Å²) in [6, 6.07) is 15.5. The Morgan fingerprint density at radius 2 is 1.48 bits per heavy atom. The van der Waals surface area contributed by atoms with Gasteiger partial charge in [-0.15, -0.1) is 0 Å². The lowest BCUT2D eigenvalue weighted by Crippen LogP contribution is -2.50. The zero-order chi connectivity index (χ0) is 32.9. The molecule has 0 spiro atoms. The molecule has 1 aliphatic heterocycles. The second-order valence-corrected chi connectivity index (χ2v) is 11.6. The smallest absolute Gasteiger partial charge is 0.389 e. The zero-order valence-electron chi connectivity index (χ0n) is 24.8. The number of nitrogens with zero attached hydrogens (tertiary/aromatic N) is 2. The average Bonchev–Trinajstić information content (AvgIpc) is 3.01. The number of benzene rings is 2. The Balaban J connectivity index is 2.04. The van der Waals surface area contributed by atoms with Gasteiger partial charge in [-0.3, -0.25) is 14.4 Å². The highest BCUT2D eigenvalue weighted by molar-refractivity contribution is 6.20. The summed E-state index contributed by atoms with van der Waals surface area (Å²) in [6.07, 6.45) is -15.8. The molecule has 44 heavy (non-hydrogen) atoms. The number of carbonyl (C=O) groups is 3. The Morgan fingerprint density at radius 1 is 0.886 bits per heavy atom. The van der Waals surface area contributed by atoms with E-state index in [2.05, 4.69) is 10.3 Å². The number of para-hydroxylation sites is 1. The second-order valence-electron chi connectivity index (χ2n) is 11.6. The number of nitrogens with one attached hydrogen (secondary N) is 1. The molecule has 0 aromatic heterocycles. The predicted octanol–water partition coefficient (Wildman–Crippen LogP) is 6.59. The number of benzodiazepines with no additional fused rings is 1. The molecule has 1 heterocycles. The molecule has 2 aromatic carbocycles. The van der Waals surface area contributed by atoms with E-state index >= 15 is 0 Å². The van der Waals surface area contributed by atoms with Gasteiger partial charge in [0, 0.05) is 31.0 Å². The largest absolute Gasteiger partial charge is 0.460 e. The van der Waals surface area contributed by atoms with Crippen molar-refractivity contribution in [2.24, 2.45) is 16.8 Å². The van der Waals surface area contributed by atoms with Crippen LogP contribution in [0.3, 0.4) is 0 Å². The minimum atomic E-state index is -4.73. The van der Waals surface area contributed by atoms with Crippen LogP contribution in [0.5, 0.6) is 0 Å². The first kappa shape index (κ1) is 34.6. The summed E-state index contributed by atoms with van der Waals surface area (Å²) in [4.78, 5) is 46.2. The van der Waals surface area contributed by atoms with Crippen LogP contribution in [-0.2, 0) is 19.1 Å². The fourth-order valence-corrected chi connectivity index (χ4v) is 4.90. The third kappa shape index (κ3) is 9.81. The van der Waals surface area contributed by atoms with Crippen LogP contribution in [0.1, 0.15) is 64.0 Å². The number of fused-ring (bicyclic) bond motifs is 1. The van der Waals surface area contributed by atoms with Gasteiger partial charge in [-0.1, -0.05) is 48.5 Å². The van der Waals surface area contributed by atoms with E-state index in [0.29, 0.717) is 22.5 Å². The SMILES string of the molecule is CN1C(=O)C(NC(=O)C(CCC(F)(F)F)C(CCCC(F)(F)F)C(=O)OC(C)(C)C)N=C(c2ccccc2)c2ccccc21. The van der Waals surface area contributed by atoms with Crippen molar-refractivity contribution in [3.63, 3.8) is 0 Å². The highest BCUT2D eigenvalue weighted by Gasteiger charge is 2.42. The quantitative estimate of drug-likeness (QED) is 0.238. The van der Waals surface area contributed by atoms with Crippen LogP contribution >= 0.6 is 0 Å². The number of esters is 1. The molecule has 0 radical (unpaired) electrons. The second kappa shape index (κ2) is 13.8. The van der Waals surface area contributed by atoms with E-state index in [1.807, 2.05) is 0 Å². The van der Waals surface area contributed by atoms with Crippen molar-refractivity contribution in [1.82, 2.24) is 5.32 Å². The standard InChI is InChI=1S/C31H35F6N3O4/c1-29(2,3)44-28(43)21(14-10-17-30(32,33)34)20(16-18-31(35,36)37)26(41)39-25-27(42)40(4)23-15-9-8-13-22(23)24(38-25)19-11-6-5-7-12-19/h5-9,11-13,15,20-21,25H,10,14,16-18H2,1-4H3,(H,39,41). The molecule has 2 amide bonds. The first-order valence-corrected chi connectivity index (χ1v) is 14.0. The number of aliphatic imine (C=N–C) groups is 1. The molecule has 0 saturated carbocycles. The third-order valence-corrected chi connectivity index (χ3v) is 6.92. The highest BCUT2D eigenvalue weighted by atomic mass is 19.4. The fraction of sp³-hybridized carbons (Fsp3) is 0.484. The number of halogens is 6. The minimum absolute atomic E-state index is 0.324. The van der Waals surface area contributed by atoms with E-state index in [1.165, 1.54) is 32.7 Å². The van der Waals surface area contributed by atoms with Crippen LogP contribution in [0.15, 0.2) is 59.6 Å². The molecular formula is C31H35F6N3O4. The fourth-order valence-electron chi connectivity index (χ4n) is 4.90. The molecule has 13 heteroatoms. The molecule has 0 aliphatic carbocycles. The summed E-state index contributed by atoms with van der Waals surface area (Å²) in [5.74, 6) is -6.36. The third-order valence-electron chi connectivity index (χ3n) is 6.92. The number of ether oxygens (including phenoxy) is 1. The molecule has 0 saturated heterocycles. The molecular weight excluding hydrogens is 592 g/mol. The Bertz CT molecular complexity index is 1350. The number of carbonyl (C=O) groups excluding carboxylic acids is 3. The van der Waals surface area contributed by atoms with Crippen molar-refractivity contribution in [3.8, 4) is 0 Å². The summed E-state index contributed by atoms with van der Waals surface area (Å²) in [7, 11) is 1.45. The van der Waals surface area contributed by atoms with Crippen LogP contribution in [0.4, 0.5) is 32.0 Å². The molecule has 1 N–H and O–H groups in total. The lowest BCUT2D eigenvalue weighted by atomic mass is 9.83. The van der Waals surface area contributed by atoms with Gasteiger partial charge in [0.15, 0.2) is 0 Å². The van der Waals surface area contributed by atoms with E-state index in [4.69, 9.17) is 4.74 Å². The van der Waals surface area contributed by atoms with E-state index in [9.17, 15) is 40.7 Å². The van der Waals surface area contributed by atoms with Gasteiger partial charge in [-0.2, -0.15) is 26.3 Å². The topological polar surface area (TPSA) is 88.1 Å². The lowest BCUT2D eigenvalue weighted by Gasteiger charge is -2.30. The maximum Gasteiger partial charge on any atom is 0.389 e. The van der Waals surface area contributed by atoms with Crippen LogP contribution in [-0.4, -0.2) is 54.7 Å². The number of likely N-dealkylation sites (N-methyl/N-ethyl adjacent to an activating group) is 1. The van der Waals surface area contributed by atoms with Gasteiger partial charge >= 0.3 is 18.3 Å². The Hall–Kier alpha value is -3.90. The maximum atomic E-state index is 13.7. The lowest BCUT2D eigenvalue weighted by molar-refractivity contribution is -0.168. The molecule has 240 valence electrons. The van der Waals surface area contributed by atoms with Gasteiger partial charge < -0.3 is 15.0 Å². The Labute approximate surface area is 251 Å². The van der Waals surface area contributed by atoms with Gasteiger partial charge in [0.05, 0.1) is 23.2 Å². The highest BCUT2D eigenvalue weighted by Crippen LogP contribution is 2.34. The van der Waals surface area contributed by atoms with Gasteiger partial charge in [0.2, 0.25) is 12.1 Å². The summed E-state index contributed by atoms with van der Waals surface area (Å²) in [6.45, 7) is 4.46. The molecule has 2 aromatic rings. The van der Waals surface area contributed by atoms with E-state index < -0.39 is 85.8 Å². The van der Waals surface area contributed by atoms with E-state index in [-0.39, 0.29) is 0 Å². The summed E-state index contributed by atoms with van der Waals surface area (Å²) in [5, 5.41) is 2.40. The normalized spacial score (nSPS) is 17.2. The monoisotopic (exact) mass is 627 g/mol. The van der Waals surface area contributed by atoms with Crippen molar-refractivity contribution in [2.75, 3.05) is 11.9 Å². The van der Waals surface area contributed by atoms with Gasteiger partial charge in [-0.05, 0) is 46.1 Å². The molecule has 3 atom stereocenters. The van der Waals surface area contributed by atoms with Gasteiger partial charge in [0.25, 0.3) is 5.91 Å². The molecule has 3 rings (SSSR count).